The Labute approximate surface area is 64.2 Å². The van der Waals surface area contributed by atoms with Crippen molar-refractivity contribution in [3.05, 3.63) is 29.5 Å². The van der Waals surface area contributed by atoms with Crippen LogP contribution in [0.1, 0.15) is 6.42 Å². The molecule has 0 aromatic carbocycles. The second kappa shape index (κ2) is 2.75. The molecule has 1 aliphatic rings. The molecule has 4 nitrogen and oxygen atoms in total. The summed E-state index contributed by atoms with van der Waals surface area (Å²) in [6, 6.07) is 0.286. The van der Waals surface area contributed by atoms with Gasteiger partial charge in [-0.2, -0.15) is 0 Å². The standard InChI is InChI=1S/C7H8N2O2/c8-4-1-2-5(7(10)11)6(9)3-4/h2H,3,8-9H2,(H,10,11). The molecule has 2 radical (unpaired) electrons. The van der Waals surface area contributed by atoms with Crippen LogP contribution in [0.5, 0.6) is 0 Å². The molecule has 0 unspecified atom stereocenters. The number of carbonyl (C=O) groups is 1. The molecule has 0 saturated heterocycles. The van der Waals surface area contributed by atoms with E-state index in [1.807, 2.05) is 0 Å². The highest BCUT2D eigenvalue weighted by atomic mass is 16.4. The molecule has 0 fully saturated rings. The highest BCUT2D eigenvalue weighted by Gasteiger charge is 2.20. The number of carboxylic acid groups (broad SMARTS) is 1. The van der Waals surface area contributed by atoms with E-state index in [1.165, 1.54) is 6.08 Å². The van der Waals surface area contributed by atoms with E-state index in [0.29, 0.717) is 5.70 Å². The molecule has 5 N–H and O–H groups in total. The van der Waals surface area contributed by atoms with Gasteiger partial charge in [0.25, 0.3) is 0 Å². The van der Waals surface area contributed by atoms with Crippen LogP contribution < -0.4 is 11.5 Å². The summed E-state index contributed by atoms with van der Waals surface area (Å²) in [7, 11) is 0. The Balaban J connectivity index is 2.87. The van der Waals surface area contributed by atoms with Crippen LogP contribution >= 0.6 is 0 Å². The van der Waals surface area contributed by atoms with Crippen LogP contribution in [0, 0.1) is 12.1 Å². The summed E-state index contributed by atoms with van der Waals surface area (Å²) in [5.74, 6) is -1.04. The molecule has 1 rings (SSSR count). The van der Waals surface area contributed by atoms with Gasteiger partial charge in [0.15, 0.2) is 0 Å². The second-order valence-corrected chi connectivity index (χ2v) is 2.23. The van der Waals surface area contributed by atoms with Crippen molar-refractivity contribution < 1.29 is 9.90 Å². The molecule has 0 amide bonds. The molecule has 58 valence electrons. The van der Waals surface area contributed by atoms with Crippen LogP contribution in [0.3, 0.4) is 0 Å². The highest BCUT2D eigenvalue weighted by Crippen LogP contribution is 2.19. The van der Waals surface area contributed by atoms with Crippen molar-refractivity contribution in [1.82, 2.24) is 0 Å². The fourth-order valence-electron chi connectivity index (χ4n) is 0.808. The number of rotatable bonds is 1. The SMILES string of the molecule is N[C]1CC(N)=[C]C=C1C(=O)O. The number of allylic oxidation sites excluding steroid dienone is 2. The van der Waals surface area contributed by atoms with Crippen molar-refractivity contribution in [2.45, 2.75) is 6.42 Å². The number of aliphatic carboxylic acids is 1. The maximum absolute atomic E-state index is 10.4. The third-order valence-corrected chi connectivity index (χ3v) is 1.36. The van der Waals surface area contributed by atoms with Crippen molar-refractivity contribution in [3.8, 4) is 0 Å². The van der Waals surface area contributed by atoms with Crippen LogP contribution in [0.4, 0.5) is 0 Å². The summed E-state index contributed by atoms with van der Waals surface area (Å²) in [5, 5.41) is 8.54. The molecule has 0 aromatic heterocycles. The quantitative estimate of drug-likeness (QED) is 0.474. The molecule has 0 bridgehead atoms. The first-order valence-corrected chi connectivity index (χ1v) is 3.04. The molecule has 0 atom stereocenters. The maximum Gasteiger partial charge on any atom is 0.333 e. The van der Waals surface area contributed by atoms with Gasteiger partial charge < -0.3 is 16.6 Å². The van der Waals surface area contributed by atoms with Crippen molar-refractivity contribution in [3.63, 3.8) is 0 Å². The Morgan fingerprint density at radius 2 is 2.27 bits per heavy atom. The summed E-state index contributed by atoms with van der Waals surface area (Å²) in [6.45, 7) is 0. The van der Waals surface area contributed by atoms with Gasteiger partial charge in [0.05, 0.1) is 11.6 Å². The lowest BCUT2D eigenvalue weighted by atomic mass is 9.98. The minimum absolute atomic E-state index is 0.0826. The van der Waals surface area contributed by atoms with E-state index in [0.717, 1.165) is 0 Å². The average molecular weight is 152 g/mol. The number of hydrogen-bond acceptors (Lipinski definition) is 3. The zero-order chi connectivity index (χ0) is 8.43. The molecule has 11 heavy (non-hydrogen) atoms. The van der Waals surface area contributed by atoms with Crippen LogP contribution in [-0.2, 0) is 4.79 Å². The summed E-state index contributed by atoms with van der Waals surface area (Å²) in [6.07, 6.45) is 4.17. The zero-order valence-corrected chi connectivity index (χ0v) is 5.79. The molecule has 0 aliphatic heterocycles. The van der Waals surface area contributed by atoms with Gasteiger partial charge in [-0.15, -0.1) is 0 Å². The van der Waals surface area contributed by atoms with E-state index in [1.54, 1.807) is 0 Å². The van der Waals surface area contributed by atoms with E-state index in [2.05, 4.69) is 6.08 Å². The number of hydrogen-bond donors (Lipinski definition) is 3. The van der Waals surface area contributed by atoms with Crippen LogP contribution in [-0.4, -0.2) is 11.1 Å². The first kappa shape index (κ1) is 7.81. The van der Waals surface area contributed by atoms with Gasteiger partial charge in [-0.1, -0.05) is 0 Å². The summed E-state index contributed by atoms with van der Waals surface area (Å²) < 4.78 is 0. The van der Waals surface area contributed by atoms with Gasteiger partial charge in [0.1, 0.15) is 0 Å². The molecular formula is C7H8N2O2. The fraction of sp³-hybridized carbons (Fsp3) is 0.143. The topological polar surface area (TPSA) is 89.3 Å². The number of nitrogens with two attached hydrogens (primary N) is 2. The van der Waals surface area contributed by atoms with Crippen LogP contribution in [0.15, 0.2) is 17.3 Å². The predicted octanol–water partition coefficient (Wildman–Crippen LogP) is -0.462. The number of carboxylic acids is 1. The lowest BCUT2D eigenvalue weighted by Gasteiger charge is -2.14. The summed E-state index contributed by atoms with van der Waals surface area (Å²) >= 11 is 0. The molecular weight excluding hydrogens is 144 g/mol. The molecule has 0 saturated carbocycles. The van der Waals surface area contributed by atoms with Crippen molar-refractivity contribution in [1.29, 1.82) is 0 Å². The lowest BCUT2D eigenvalue weighted by molar-refractivity contribution is -0.132. The van der Waals surface area contributed by atoms with Crippen molar-refractivity contribution in [2.24, 2.45) is 11.5 Å². The third kappa shape index (κ3) is 1.59. The summed E-state index contributed by atoms with van der Waals surface area (Å²) in [5.41, 5.74) is 11.3. The minimum Gasteiger partial charge on any atom is -0.478 e. The molecule has 0 aromatic rings. The minimum atomic E-state index is -1.04. The van der Waals surface area contributed by atoms with Gasteiger partial charge in [-0.05, 0) is 6.08 Å². The van der Waals surface area contributed by atoms with Crippen LogP contribution in [0.2, 0.25) is 0 Å². The average Bonchev–Trinajstić information content (AvgIpc) is 1.85. The first-order chi connectivity index (χ1) is 5.11. The van der Waals surface area contributed by atoms with Gasteiger partial charge in [-0.25, -0.2) is 4.79 Å². The van der Waals surface area contributed by atoms with E-state index in [4.69, 9.17) is 16.6 Å². The molecule has 4 heteroatoms. The van der Waals surface area contributed by atoms with Gasteiger partial charge in [-0.3, -0.25) is 0 Å². The van der Waals surface area contributed by atoms with E-state index in [9.17, 15) is 4.79 Å². The van der Waals surface area contributed by atoms with Crippen LogP contribution in [0.25, 0.3) is 0 Å². The molecule has 1 aliphatic carbocycles. The van der Waals surface area contributed by atoms with Gasteiger partial charge >= 0.3 is 5.97 Å². The Kier molecular flexibility index (Phi) is 1.96. The molecule has 0 spiro atoms. The van der Waals surface area contributed by atoms with Gasteiger partial charge in [0.2, 0.25) is 0 Å². The molecule has 0 heterocycles. The maximum atomic E-state index is 10.4. The summed E-state index contributed by atoms with van der Waals surface area (Å²) in [4.78, 5) is 10.4. The third-order valence-electron chi connectivity index (χ3n) is 1.36. The van der Waals surface area contributed by atoms with Crippen molar-refractivity contribution >= 4 is 5.97 Å². The normalized spacial score (nSPS) is 19.0. The highest BCUT2D eigenvalue weighted by molar-refractivity contribution is 5.91. The largest absolute Gasteiger partial charge is 0.478 e. The van der Waals surface area contributed by atoms with E-state index in [-0.39, 0.29) is 18.0 Å². The van der Waals surface area contributed by atoms with E-state index < -0.39 is 5.97 Å². The van der Waals surface area contributed by atoms with Crippen molar-refractivity contribution in [2.75, 3.05) is 0 Å². The lowest BCUT2D eigenvalue weighted by Crippen LogP contribution is -2.23. The Morgan fingerprint density at radius 3 is 2.73 bits per heavy atom. The fourth-order valence-corrected chi connectivity index (χ4v) is 0.808. The first-order valence-electron chi connectivity index (χ1n) is 3.04. The zero-order valence-electron chi connectivity index (χ0n) is 5.79. The Bertz CT molecular complexity index is 243. The monoisotopic (exact) mass is 152 g/mol. The van der Waals surface area contributed by atoms with E-state index >= 15 is 0 Å². The Morgan fingerprint density at radius 1 is 1.64 bits per heavy atom. The second-order valence-electron chi connectivity index (χ2n) is 2.23. The van der Waals surface area contributed by atoms with Gasteiger partial charge in [0, 0.05) is 18.2 Å². The predicted molar refractivity (Wildman–Crippen MR) is 38.7 cm³/mol. The smallest absolute Gasteiger partial charge is 0.333 e. The Hall–Kier alpha value is -1.29.